The van der Waals surface area contributed by atoms with Crippen molar-refractivity contribution in [2.45, 2.75) is 19.4 Å². The van der Waals surface area contributed by atoms with E-state index in [9.17, 15) is 9.18 Å². The van der Waals surface area contributed by atoms with Crippen molar-refractivity contribution in [3.05, 3.63) is 59.9 Å². The van der Waals surface area contributed by atoms with Gasteiger partial charge in [-0.15, -0.1) is 0 Å². The van der Waals surface area contributed by atoms with E-state index >= 15 is 0 Å². The van der Waals surface area contributed by atoms with Gasteiger partial charge in [0.05, 0.1) is 6.61 Å². The summed E-state index contributed by atoms with van der Waals surface area (Å²) in [4.78, 5) is 11.5. The molecule has 0 aliphatic heterocycles. The summed E-state index contributed by atoms with van der Waals surface area (Å²) in [6, 6.07) is 12.3. The maximum Gasteiger partial charge on any atom is 0.323 e. The highest BCUT2D eigenvalue weighted by atomic mass is 19.1. The molecule has 0 amide bonds. The fraction of sp³-hybridized carbons (Fsp3) is 0.235. The second kappa shape index (κ2) is 7.56. The minimum atomic E-state index is -0.677. The second-order valence-corrected chi connectivity index (χ2v) is 4.76. The van der Waals surface area contributed by atoms with Gasteiger partial charge in [0.2, 0.25) is 0 Å². The maximum atomic E-state index is 12.8. The zero-order chi connectivity index (χ0) is 15.9. The molecule has 0 radical (unpaired) electrons. The summed E-state index contributed by atoms with van der Waals surface area (Å²) in [6.45, 7) is 2.06. The Morgan fingerprint density at radius 2 is 1.64 bits per heavy atom. The van der Waals surface area contributed by atoms with Gasteiger partial charge in [0.15, 0.2) is 0 Å². The molecular formula is C17H18FNO3. The van der Waals surface area contributed by atoms with Gasteiger partial charge in [-0.1, -0.05) is 12.1 Å². The molecular weight excluding hydrogens is 285 g/mol. The van der Waals surface area contributed by atoms with Crippen molar-refractivity contribution < 1.29 is 18.7 Å². The van der Waals surface area contributed by atoms with Crippen molar-refractivity contribution in [1.29, 1.82) is 0 Å². The van der Waals surface area contributed by atoms with E-state index in [4.69, 9.17) is 15.2 Å². The quantitative estimate of drug-likeness (QED) is 0.833. The molecule has 2 aromatic carbocycles. The van der Waals surface area contributed by atoms with Crippen LogP contribution in [0.25, 0.3) is 0 Å². The molecule has 0 spiro atoms. The SMILES string of the molecule is CCOC(=O)C(N)Cc1ccc(Oc2ccc(F)cc2)cc1. The van der Waals surface area contributed by atoms with Crippen LogP contribution >= 0.6 is 0 Å². The van der Waals surface area contributed by atoms with Crippen molar-refractivity contribution in [2.75, 3.05) is 6.61 Å². The molecule has 0 bridgehead atoms. The predicted molar refractivity (Wildman–Crippen MR) is 81.2 cm³/mol. The molecule has 0 heterocycles. The third kappa shape index (κ3) is 4.56. The van der Waals surface area contributed by atoms with Crippen LogP contribution in [0, 0.1) is 5.82 Å². The second-order valence-electron chi connectivity index (χ2n) is 4.76. The Hall–Kier alpha value is -2.40. The predicted octanol–water partition coefficient (Wildman–Crippen LogP) is 3.05. The molecule has 2 aromatic rings. The summed E-state index contributed by atoms with van der Waals surface area (Å²) in [7, 11) is 0. The summed E-state index contributed by atoms with van der Waals surface area (Å²) in [5, 5.41) is 0. The highest BCUT2D eigenvalue weighted by Crippen LogP contribution is 2.22. The minimum absolute atomic E-state index is 0.310. The third-order valence-corrected chi connectivity index (χ3v) is 3.02. The molecule has 0 saturated heterocycles. The average Bonchev–Trinajstić information content (AvgIpc) is 2.51. The minimum Gasteiger partial charge on any atom is -0.465 e. The number of ether oxygens (including phenoxy) is 2. The normalized spacial score (nSPS) is 11.8. The molecule has 2 N–H and O–H groups in total. The average molecular weight is 303 g/mol. The van der Waals surface area contributed by atoms with E-state index in [0.29, 0.717) is 24.5 Å². The number of hydrogen-bond donors (Lipinski definition) is 1. The maximum absolute atomic E-state index is 12.8. The smallest absolute Gasteiger partial charge is 0.323 e. The number of halogens is 1. The van der Waals surface area contributed by atoms with E-state index in [1.54, 1.807) is 31.2 Å². The van der Waals surface area contributed by atoms with Gasteiger partial charge in [0, 0.05) is 0 Å². The van der Waals surface area contributed by atoms with E-state index in [2.05, 4.69) is 0 Å². The van der Waals surface area contributed by atoms with E-state index in [1.165, 1.54) is 12.1 Å². The van der Waals surface area contributed by atoms with E-state index < -0.39 is 12.0 Å². The molecule has 0 aliphatic rings. The molecule has 4 nitrogen and oxygen atoms in total. The lowest BCUT2D eigenvalue weighted by atomic mass is 10.1. The van der Waals surface area contributed by atoms with Gasteiger partial charge < -0.3 is 15.2 Å². The lowest BCUT2D eigenvalue weighted by Crippen LogP contribution is -2.34. The number of hydrogen-bond acceptors (Lipinski definition) is 4. The fourth-order valence-corrected chi connectivity index (χ4v) is 1.92. The Morgan fingerprint density at radius 3 is 2.18 bits per heavy atom. The Bertz CT molecular complexity index is 611. The zero-order valence-electron chi connectivity index (χ0n) is 12.3. The van der Waals surface area contributed by atoms with Crippen molar-refractivity contribution in [2.24, 2.45) is 5.73 Å². The standard InChI is InChI=1S/C17H18FNO3/c1-2-21-17(20)16(19)11-12-3-7-14(8-4-12)22-15-9-5-13(18)6-10-15/h3-10,16H,2,11,19H2,1H3. The van der Waals surface area contributed by atoms with Crippen LogP contribution in [0.15, 0.2) is 48.5 Å². The first kappa shape index (κ1) is 16.0. The molecule has 5 heteroatoms. The van der Waals surface area contributed by atoms with Gasteiger partial charge in [-0.05, 0) is 55.3 Å². The number of carbonyl (C=O) groups is 1. The Balaban J connectivity index is 1.95. The van der Waals surface area contributed by atoms with Crippen LogP contribution < -0.4 is 10.5 Å². The van der Waals surface area contributed by atoms with Crippen LogP contribution in [-0.4, -0.2) is 18.6 Å². The van der Waals surface area contributed by atoms with E-state index in [-0.39, 0.29) is 5.82 Å². The molecule has 1 unspecified atom stereocenters. The summed E-state index contributed by atoms with van der Waals surface area (Å²) in [6.07, 6.45) is 0.398. The largest absolute Gasteiger partial charge is 0.465 e. The summed E-state index contributed by atoms with van der Waals surface area (Å²) in [5.74, 6) is 0.460. The first-order valence-corrected chi connectivity index (χ1v) is 7.03. The Morgan fingerprint density at radius 1 is 1.09 bits per heavy atom. The summed E-state index contributed by atoms with van der Waals surface area (Å²) >= 11 is 0. The number of nitrogens with two attached hydrogens (primary N) is 1. The zero-order valence-corrected chi connectivity index (χ0v) is 12.3. The van der Waals surface area contributed by atoms with Gasteiger partial charge in [0.25, 0.3) is 0 Å². The van der Waals surface area contributed by atoms with Crippen molar-refractivity contribution in [3.8, 4) is 11.5 Å². The van der Waals surface area contributed by atoms with Crippen LogP contribution in [0.1, 0.15) is 12.5 Å². The van der Waals surface area contributed by atoms with Crippen molar-refractivity contribution in [1.82, 2.24) is 0 Å². The molecule has 1 atom stereocenters. The fourth-order valence-electron chi connectivity index (χ4n) is 1.92. The lowest BCUT2D eigenvalue weighted by Gasteiger charge is -2.11. The number of carbonyl (C=O) groups excluding carboxylic acids is 1. The van der Waals surface area contributed by atoms with Gasteiger partial charge >= 0.3 is 5.97 Å². The highest BCUT2D eigenvalue weighted by molar-refractivity contribution is 5.75. The van der Waals surface area contributed by atoms with E-state index in [1.807, 2.05) is 12.1 Å². The first-order chi connectivity index (χ1) is 10.6. The number of benzene rings is 2. The molecule has 116 valence electrons. The molecule has 0 aromatic heterocycles. The molecule has 22 heavy (non-hydrogen) atoms. The topological polar surface area (TPSA) is 61.5 Å². The van der Waals surface area contributed by atoms with Gasteiger partial charge in [-0.25, -0.2) is 4.39 Å². The summed E-state index contributed by atoms with van der Waals surface area (Å²) in [5.41, 5.74) is 6.68. The van der Waals surface area contributed by atoms with Gasteiger partial charge in [0.1, 0.15) is 23.4 Å². The summed E-state index contributed by atoms with van der Waals surface area (Å²) < 4.78 is 23.3. The van der Waals surface area contributed by atoms with Crippen LogP contribution in [0.3, 0.4) is 0 Å². The first-order valence-electron chi connectivity index (χ1n) is 7.03. The van der Waals surface area contributed by atoms with Crippen LogP contribution in [0.2, 0.25) is 0 Å². The molecule has 0 saturated carbocycles. The highest BCUT2D eigenvalue weighted by Gasteiger charge is 2.14. The van der Waals surface area contributed by atoms with Crippen molar-refractivity contribution in [3.63, 3.8) is 0 Å². The van der Waals surface area contributed by atoms with Crippen molar-refractivity contribution >= 4 is 5.97 Å². The van der Waals surface area contributed by atoms with Gasteiger partial charge in [-0.3, -0.25) is 4.79 Å². The van der Waals surface area contributed by atoms with Crippen LogP contribution in [0.5, 0.6) is 11.5 Å². The van der Waals surface area contributed by atoms with E-state index in [0.717, 1.165) is 5.56 Å². The molecule has 2 rings (SSSR count). The monoisotopic (exact) mass is 303 g/mol. The molecule has 0 aliphatic carbocycles. The lowest BCUT2D eigenvalue weighted by molar-refractivity contribution is -0.144. The number of rotatable bonds is 6. The van der Waals surface area contributed by atoms with Crippen LogP contribution in [0.4, 0.5) is 4.39 Å². The Labute approximate surface area is 128 Å². The third-order valence-electron chi connectivity index (χ3n) is 3.02. The number of esters is 1. The Kier molecular flexibility index (Phi) is 5.49. The molecule has 0 fully saturated rings. The van der Waals surface area contributed by atoms with Gasteiger partial charge in [-0.2, -0.15) is 0 Å². The van der Waals surface area contributed by atoms with Crippen LogP contribution in [-0.2, 0) is 16.0 Å².